The van der Waals surface area contributed by atoms with Crippen LogP contribution in [0.2, 0.25) is 0 Å². The van der Waals surface area contributed by atoms with E-state index in [-0.39, 0.29) is 10.9 Å². The van der Waals surface area contributed by atoms with Crippen molar-refractivity contribution in [2.24, 2.45) is 0 Å². The van der Waals surface area contributed by atoms with Crippen molar-refractivity contribution < 1.29 is 5.11 Å². The second kappa shape index (κ2) is 7.98. The minimum Gasteiger partial charge on any atom is -0.508 e. The highest BCUT2D eigenvalue weighted by molar-refractivity contribution is 8.05. The highest BCUT2D eigenvalue weighted by Crippen LogP contribution is 2.46. The zero-order chi connectivity index (χ0) is 16.1. The number of aliphatic hydroxyl groups excluding tert-OH is 1. The summed E-state index contributed by atoms with van der Waals surface area (Å²) in [5.74, 6) is 0.543. The number of allylic oxidation sites excluding steroid dienone is 1. The van der Waals surface area contributed by atoms with Crippen molar-refractivity contribution in [3.05, 3.63) is 59.7 Å². The molecule has 1 aliphatic rings. The fraction of sp³-hybridized carbons (Fsp3) is 0.300. The molecular weight excluding hydrogens is 320 g/mol. The molecule has 1 nitrogen and oxygen atoms in total. The maximum absolute atomic E-state index is 10.4. The largest absolute Gasteiger partial charge is 0.508 e. The Kier molecular flexibility index (Phi) is 5.74. The quantitative estimate of drug-likeness (QED) is 0.364. The summed E-state index contributed by atoms with van der Waals surface area (Å²) in [5.41, 5.74) is 0. The monoisotopic (exact) mass is 343 g/mol. The average molecular weight is 344 g/mol. The minimum atomic E-state index is -0.165. The lowest BCUT2D eigenvalue weighted by Crippen LogP contribution is -2.08. The third-order valence-corrected chi connectivity index (χ3v) is 7.51. The lowest BCUT2D eigenvalue weighted by Gasteiger charge is -2.16. The summed E-state index contributed by atoms with van der Waals surface area (Å²) in [7, 11) is -0.165. The van der Waals surface area contributed by atoms with Crippen molar-refractivity contribution in [2.45, 2.75) is 58.6 Å². The first-order chi connectivity index (χ1) is 11.3. The second-order valence-corrected chi connectivity index (χ2v) is 8.63. The van der Waals surface area contributed by atoms with Gasteiger partial charge < -0.3 is 5.11 Å². The van der Waals surface area contributed by atoms with Crippen LogP contribution < -0.4 is 0 Å². The standard InChI is InChI=1S/C20H22OS2/c1-2-3-4-5-10-16(21)15-23-19-13-8-6-11-17(19)22-18-12-7-9-14-20(18)23/h6-9,11-15H,2-5,10H2,1H3/p+1/b16-15-. The predicted octanol–water partition coefficient (Wildman–Crippen LogP) is 6.56. The summed E-state index contributed by atoms with van der Waals surface area (Å²) in [6.45, 7) is 2.21. The SMILES string of the molecule is CCCCCC/C(O)=C/[S+]1c2ccccc2Sc2ccccc21. The molecule has 2 aromatic rings. The Morgan fingerprint density at radius 2 is 1.57 bits per heavy atom. The van der Waals surface area contributed by atoms with Gasteiger partial charge in [0.25, 0.3) is 0 Å². The Balaban J connectivity index is 1.86. The van der Waals surface area contributed by atoms with Gasteiger partial charge in [-0.3, -0.25) is 0 Å². The van der Waals surface area contributed by atoms with Crippen LogP contribution in [-0.2, 0) is 10.9 Å². The van der Waals surface area contributed by atoms with Gasteiger partial charge in [-0.2, -0.15) is 0 Å². The van der Waals surface area contributed by atoms with Crippen molar-refractivity contribution in [2.75, 3.05) is 0 Å². The molecule has 2 aromatic carbocycles. The van der Waals surface area contributed by atoms with Crippen LogP contribution in [0.25, 0.3) is 0 Å². The van der Waals surface area contributed by atoms with E-state index >= 15 is 0 Å². The smallest absolute Gasteiger partial charge is 0.179 e. The van der Waals surface area contributed by atoms with Gasteiger partial charge >= 0.3 is 0 Å². The Hall–Kier alpha value is -1.32. The fourth-order valence-corrected chi connectivity index (χ4v) is 6.28. The molecule has 0 saturated carbocycles. The lowest BCUT2D eigenvalue weighted by atomic mass is 10.1. The summed E-state index contributed by atoms with van der Waals surface area (Å²) in [4.78, 5) is 5.28. The number of benzene rings is 2. The fourth-order valence-electron chi connectivity index (χ4n) is 2.72. The first-order valence-corrected chi connectivity index (χ1v) is 10.4. The zero-order valence-corrected chi connectivity index (χ0v) is 15.1. The molecule has 0 atom stereocenters. The Labute approximate surface area is 146 Å². The molecule has 1 aliphatic heterocycles. The molecule has 0 bridgehead atoms. The van der Waals surface area contributed by atoms with E-state index in [9.17, 15) is 5.11 Å². The van der Waals surface area contributed by atoms with Gasteiger partial charge in [0.05, 0.1) is 20.7 Å². The van der Waals surface area contributed by atoms with Crippen LogP contribution in [0.15, 0.2) is 79.3 Å². The molecule has 120 valence electrons. The lowest BCUT2D eigenvalue weighted by molar-refractivity contribution is 0.382. The van der Waals surface area contributed by atoms with E-state index in [1.54, 1.807) is 0 Å². The Morgan fingerprint density at radius 1 is 0.957 bits per heavy atom. The van der Waals surface area contributed by atoms with Crippen molar-refractivity contribution >= 4 is 22.7 Å². The summed E-state index contributed by atoms with van der Waals surface area (Å²) in [6, 6.07) is 17.1. The van der Waals surface area contributed by atoms with Crippen LogP contribution in [0.1, 0.15) is 39.0 Å². The first kappa shape index (κ1) is 16.5. The molecule has 1 N–H and O–H groups in total. The van der Waals surface area contributed by atoms with Crippen LogP contribution in [0, 0.1) is 0 Å². The van der Waals surface area contributed by atoms with Crippen molar-refractivity contribution in [1.82, 2.24) is 0 Å². The van der Waals surface area contributed by atoms with E-state index in [0.29, 0.717) is 5.76 Å². The summed E-state index contributed by atoms with van der Waals surface area (Å²) in [6.07, 6.45) is 5.55. The van der Waals surface area contributed by atoms with Gasteiger partial charge in [0, 0.05) is 6.42 Å². The number of hydrogen-bond donors (Lipinski definition) is 1. The molecule has 0 spiro atoms. The molecule has 23 heavy (non-hydrogen) atoms. The molecule has 3 heteroatoms. The zero-order valence-electron chi connectivity index (χ0n) is 13.5. The van der Waals surface area contributed by atoms with E-state index in [2.05, 4.69) is 60.9 Å². The molecule has 0 radical (unpaired) electrons. The minimum absolute atomic E-state index is 0.165. The van der Waals surface area contributed by atoms with Gasteiger partial charge in [0.15, 0.2) is 15.2 Å². The van der Waals surface area contributed by atoms with Crippen LogP contribution in [0.4, 0.5) is 0 Å². The molecule has 0 unspecified atom stereocenters. The van der Waals surface area contributed by atoms with E-state index in [1.165, 1.54) is 38.8 Å². The van der Waals surface area contributed by atoms with E-state index in [0.717, 1.165) is 12.8 Å². The van der Waals surface area contributed by atoms with Crippen LogP contribution in [-0.4, -0.2) is 5.11 Å². The summed E-state index contributed by atoms with van der Waals surface area (Å²) >= 11 is 1.83. The molecule has 3 rings (SSSR count). The third-order valence-electron chi connectivity index (χ3n) is 3.93. The third kappa shape index (κ3) is 3.96. The maximum Gasteiger partial charge on any atom is 0.179 e. The topological polar surface area (TPSA) is 20.2 Å². The van der Waals surface area contributed by atoms with Crippen molar-refractivity contribution in [1.29, 1.82) is 0 Å². The first-order valence-electron chi connectivity index (χ1n) is 8.28. The summed E-state index contributed by atoms with van der Waals surface area (Å²) in [5, 5.41) is 12.5. The van der Waals surface area contributed by atoms with Gasteiger partial charge in [-0.1, -0.05) is 62.2 Å². The van der Waals surface area contributed by atoms with E-state index < -0.39 is 0 Å². The second-order valence-electron chi connectivity index (χ2n) is 5.75. The average Bonchev–Trinajstić information content (AvgIpc) is 2.58. The molecular formula is C20H23OS2+. The Bertz CT molecular complexity index is 648. The van der Waals surface area contributed by atoms with Gasteiger partial charge in [-0.05, 0) is 30.7 Å². The van der Waals surface area contributed by atoms with Crippen molar-refractivity contribution in [3.8, 4) is 0 Å². The van der Waals surface area contributed by atoms with Gasteiger partial charge in [-0.15, -0.1) is 0 Å². The molecule has 0 saturated heterocycles. The number of unbranched alkanes of at least 4 members (excludes halogenated alkanes) is 3. The van der Waals surface area contributed by atoms with Crippen LogP contribution in [0.5, 0.6) is 0 Å². The van der Waals surface area contributed by atoms with Gasteiger partial charge in [0.2, 0.25) is 0 Å². The van der Waals surface area contributed by atoms with Crippen LogP contribution in [0.3, 0.4) is 0 Å². The summed E-state index contributed by atoms with van der Waals surface area (Å²) < 4.78 is 0. The molecule has 0 fully saturated rings. The number of rotatable bonds is 6. The maximum atomic E-state index is 10.4. The predicted molar refractivity (Wildman–Crippen MR) is 100 cm³/mol. The van der Waals surface area contributed by atoms with E-state index in [4.69, 9.17) is 0 Å². The van der Waals surface area contributed by atoms with Gasteiger partial charge in [-0.25, -0.2) is 0 Å². The molecule has 0 aliphatic carbocycles. The molecule has 1 heterocycles. The number of aliphatic hydroxyl groups is 1. The van der Waals surface area contributed by atoms with Crippen molar-refractivity contribution in [3.63, 3.8) is 0 Å². The molecule has 0 aromatic heterocycles. The van der Waals surface area contributed by atoms with Gasteiger partial charge in [0.1, 0.15) is 5.76 Å². The highest BCUT2D eigenvalue weighted by atomic mass is 32.2. The van der Waals surface area contributed by atoms with Crippen LogP contribution >= 0.6 is 11.8 Å². The number of hydrogen-bond acceptors (Lipinski definition) is 2. The van der Waals surface area contributed by atoms with E-state index in [1.807, 2.05) is 11.8 Å². The highest BCUT2D eigenvalue weighted by Gasteiger charge is 2.34. The molecule has 0 amide bonds. The normalized spacial score (nSPS) is 14.4. The number of fused-ring (bicyclic) bond motifs is 2. The Morgan fingerprint density at radius 3 is 2.17 bits per heavy atom.